The van der Waals surface area contributed by atoms with Crippen molar-refractivity contribution in [1.82, 2.24) is 9.13 Å². The molecule has 2 aliphatic heterocycles. The van der Waals surface area contributed by atoms with E-state index in [4.69, 9.17) is 11.0 Å². The molecular formula is C87H66BN5. The zero-order valence-electron chi connectivity index (χ0n) is 69.6. The van der Waals surface area contributed by atoms with Crippen LogP contribution in [0.25, 0.3) is 99.5 Å². The van der Waals surface area contributed by atoms with Gasteiger partial charge in [0.25, 0.3) is 6.71 Å². The number of aromatic nitrogens is 2. The Morgan fingerprint density at radius 2 is 0.828 bits per heavy atom. The summed E-state index contributed by atoms with van der Waals surface area (Å²) in [7, 11) is 0. The molecule has 442 valence electrons. The van der Waals surface area contributed by atoms with Crippen molar-refractivity contribution in [3.8, 4) is 62.0 Å². The molecule has 0 atom stereocenters. The highest BCUT2D eigenvalue weighted by Crippen LogP contribution is 2.54. The number of nitrogens with zero attached hydrogens (tertiary/aromatic N) is 5. The van der Waals surface area contributed by atoms with E-state index in [0.717, 1.165) is 44.0 Å². The van der Waals surface area contributed by atoms with Crippen molar-refractivity contribution in [2.45, 2.75) is 52.4 Å². The van der Waals surface area contributed by atoms with Crippen molar-refractivity contribution in [1.29, 1.82) is 5.26 Å². The molecule has 2 aromatic heterocycles. The molecule has 0 saturated heterocycles. The summed E-state index contributed by atoms with van der Waals surface area (Å²) in [6.07, 6.45) is 0. The van der Waals surface area contributed by atoms with Gasteiger partial charge >= 0.3 is 0 Å². The van der Waals surface area contributed by atoms with Crippen LogP contribution in [0.15, 0.2) is 291 Å². The summed E-state index contributed by atoms with van der Waals surface area (Å²) < 4.78 is 169. The number of benzene rings is 13. The maximum Gasteiger partial charge on any atom is 0.252 e. The first-order valence-electron chi connectivity index (χ1n) is 39.9. The van der Waals surface area contributed by atoms with Crippen molar-refractivity contribution in [3.63, 3.8) is 0 Å². The van der Waals surface area contributed by atoms with Gasteiger partial charge in [0.1, 0.15) is 6.07 Å². The van der Waals surface area contributed by atoms with Crippen LogP contribution in [-0.2, 0) is 10.8 Å². The van der Waals surface area contributed by atoms with Crippen LogP contribution in [-0.4, -0.2) is 15.8 Å². The first-order valence-corrected chi connectivity index (χ1v) is 30.9. The van der Waals surface area contributed by atoms with Gasteiger partial charge in [-0.1, -0.05) is 241 Å². The summed E-state index contributed by atoms with van der Waals surface area (Å²) in [5.41, 5.74) is 11.5. The maximum absolute atomic E-state index is 11.8. The van der Waals surface area contributed by atoms with E-state index in [1.165, 1.54) is 4.57 Å². The summed E-state index contributed by atoms with van der Waals surface area (Å²) in [4.78, 5) is 4.23. The Kier molecular flexibility index (Phi) is 9.12. The smallest absolute Gasteiger partial charge is 0.252 e. The lowest BCUT2D eigenvalue weighted by Crippen LogP contribution is -2.61. The van der Waals surface area contributed by atoms with Crippen LogP contribution < -0.4 is 26.2 Å². The van der Waals surface area contributed by atoms with Crippen LogP contribution in [0.4, 0.5) is 34.1 Å². The molecule has 93 heavy (non-hydrogen) atoms. The molecule has 0 N–H and O–H groups in total. The van der Waals surface area contributed by atoms with Gasteiger partial charge in [-0.05, 0) is 163 Å². The molecule has 0 fully saturated rings. The topological polar surface area (TPSA) is 40.1 Å². The molecular weight excluding hydrogens is 1130 g/mol. The first-order chi connectivity index (χ1) is 52.8. The van der Waals surface area contributed by atoms with E-state index < -0.39 is 126 Å². The SMILES string of the molecule is [2H]c1c([2H])c([2H])c(-c2cccc(-c3cc(C(C)(C)C)cc(-c4ccccc4)c3N3c4cc(-n5c6c([2H])c([2H])c([2H])c([2H])c6c6c([2H])c([2H])c([2H])c([2H])c65)ccc4B4c5ccc(-c6c([2H])c([2H])c([2H])c([2H])c6[2H])cc5N(c5cc(-n6c7ccccc7c7ccccc76)ccc5C#N)c5cc(C(C)(C)C)cc3c54)c2)c([2H])c1[2H]. The Labute approximate surface area is 569 Å². The fraction of sp³-hybridized carbons (Fsp3) is 0.0920. The zero-order chi connectivity index (χ0) is 78.5. The molecule has 2 aliphatic rings. The quantitative estimate of drug-likeness (QED) is 0.142. The third kappa shape index (κ3) is 8.97. The Morgan fingerprint density at radius 1 is 0.355 bits per heavy atom. The Morgan fingerprint density at radius 3 is 1.44 bits per heavy atom. The normalized spacial score (nSPS) is 15.5. The van der Waals surface area contributed by atoms with Crippen molar-refractivity contribution in [3.05, 3.63) is 307 Å². The fourth-order valence-electron chi connectivity index (χ4n) is 14.0. The number of nitriles is 1. The summed E-state index contributed by atoms with van der Waals surface area (Å²) in [5, 5.41) is 13.6. The molecule has 5 nitrogen and oxygen atoms in total. The molecule has 4 heterocycles. The zero-order valence-corrected chi connectivity index (χ0v) is 51.6. The molecule has 17 rings (SSSR count). The predicted molar refractivity (Wildman–Crippen MR) is 393 cm³/mol. The van der Waals surface area contributed by atoms with E-state index in [2.05, 4.69) is 111 Å². The lowest BCUT2D eigenvalue weighted by molar-refractivity contribution is 0.590. The van der Waals surface area contributed by atoms with Crippen LogP contribution in [0, 0.1) is 11.3 Å². The lowest BCUT2D eigenvalue weighted by atomic mass is 9.33. The van der Waals surface area contributed by atoms with E-state index >= 15 is 0 Å². The van der Waals surface area contributed by atoms with Gasteiger partial charge in [-0.25, -0.2) is 0 Å². The summed E-state index contributed by atoms with van der Waals surface area (Å²) in [6, 6.07) is 51.9. The molecule has 13 aromatic carbocycles. The molecule has 0 radical (unpaired) electrons. The molecule has 0 spiro atoms. The van der Waals surface area contributed by atoms with Crippen molar-refractivity contribution >= 4 is 101 Å². The highest BCUT2D eigenvalue weighted by atomic mass is 15.2. The van der Waals surface area contributed by atoms with Gasteiger partial charge in [0.05, 0.1) is 63.7 Å². The van der Waals surface area contributed by atoms with E-state index in [1.54, 1.807) is 30.3 Å². The lowest BCUT2D eigenvalue weighted by Gasteiger charge is -2.46. The number of rotatable bonds is 8. The van der Waals surface area contributed by atoms with Crippen molar-refractivity contribution in [2.75, 3.05) is 9.80 Å². The second-order valence-electron chi connectivity index (χ2n) is 25.9. The number of anilines is 6. The van der Waals surface area contributed by atoms with Crippen LogP contribution in [0.3, 0.4) is 0 Å². The largest absolute Gasteiger partial charge is 0.310 e. The number of hydrogen-bond acceptors (Lipinski definition) is 3. The number of fused-ring (bicyclic) bond motifs is 10. The van der Waals surface area contributed by atoms with Gasteiger partial charge in [-0.2, -0.15) is 5.26 Å². The minimum atomic E-state index is -0.826. The molecule has 6 heteroatoms. The molecule has 0 amide bonds. The minimum absolute atomic E-state index is 0.0167. The molecule has 0 bridgehead atoms. The maximum atomic E-state index is 11.8. The number of hydrogen-bond donors (Lipinski definition) is 0. The minimum Gasteiger partial charge on any atom is -0.310 e. The third-order valence-corrected chi connectivity index (χ3v) is 18.4. The average molecular weight is 1210 g/mol. The van der Waals surface area contributed by atoms with E-state index in [-0.39, 0.29) is 49.7 Å². The summed E-state index contributed by atoms with van der Waals surface area (Å²) >= 11 is 0. The standard InChI is InChI=1S/C87H66BN5/c1-86(2,3)63-49-71(58-29-14-9-15-30-58)85(72(50-63)61-32-24-31-59(47-61)56-25-10-7-11-26-56)93-81-54-66(91-77-39-22-18-35-69(77)70-36-19-23-40-78(70)91)44-46-74(81)88-73-45-42-60(57-27-12-8-13-28-57)48-80(73)92(82-51-64(87(4,5)6)52-83(93)84(82)88)79-53-65(43-41-62(79)55-89)90-75-37-20-16-33-67(75)68-34-17-21-38-76(68)90/h7-54H,1-6H3/i7D,8D,10D,11D,12D,13D,18D,19D,22D,23D,25D,26D,27D,28D,35D,36D,39D,40D. The second kappa shape index (κ2) is 21.4. The van der Waals surface area contributed by atoms with Crippen molar-refractivity contribution in [2.24, 2.45) is 0 Å². The van der Waals surface area contributed by atoms with Crippen LogP contribution in [0.5, 0.6) is 0 Å². The van der Waals surface area contributed by atoms with Gasteiger partial charge in [-0.15, -0.1) is 0 Å². The van der Waals surface area contributed by atoms with Gasteiger partial charge in [0.15, 0.2) is 0 Å². The third-order valence-electron chi connectivity index (χ3n) is 18.4. The van der Waals surface area contributed by atoms with E-state index in [1.807, 2.05) is 103 Å². The number of para-hydroxylation sites is 4. The molecule has 0 aliphatic carbocycles. The van der Waals surface area contributed by atoms with E-state index in [0.29, 0.717) is 73.0 Å². The summed E-state index contributed by atoms with van der Waals surface area (Å²) in [6.45, 7) is 11.8. The van der Waals surface area contributed by atoms with Crippen LogP contribution in [0.2, 0.25) is 0 Å². The second-order valence-corrected chi connectivity index (χ2v) is 25.9. The van der Waals surface area contributed by atoms with Crippen LogP contribution in [0.1, 0.15) is 82.9 Å². The van der Waals surface area contributed by atoms with Gasteiger partial charge in [-0.3, -0.25) is 0 Å². The van der Waals surface area contributed by atoms with Crippen LogP contribution >= 0.6 is 0 Å². The highest BCUT2D eigenvalue weighted by molar-refractivity contribution is 7.00. The Balaban J connectivity index is 1.07. The van der Waals surface area contributed by atoms with Gasteiger partial charge in [0, 0.05) is 66.8 Å². The Bertz CT molecular complexity index is 6520. The Hall–Kier alpha value is -11.4. The molecule has 0 unspecified atom stereocenters. The fourth-order valence-corrected chi connectivity index (χ4v) is 14.0. The molecule has 15 aromatic rings. The van der Waals surface area contributed by atoms with Crippen molar-refractivity contribution < 1.29 is 24.7 Å². The predicted octanol–water partition coefficient (Wildman–Crippen LogP) is 21.1. The van der Waals surface area contributed by atoms with Gasteiger partial charge in [0.2, 0.25) is 0 Å². The monoisotopic (exact) mass is 1210 g/mol. The average Bonchev–Trinajstić information content (AvgIpc) is 1.48. The highest BCUT2D eigenvalue weighted by Gasteiger charge is 2.46. The first kappa shape index (κ1) is 39.7. The van der Waals surface area contributed by atoms with Gasteiger partial charge < -0.3 is 18.9 Å². The van der Waals surface area contributed by atoms with E-state index in [9.17, 15) is 19.0 Å². The summed E-state index contributed by atoms with van der Waals surface area (Å²) in [5.74, 6) is 0. The molecule has 0 saturated carbocycles.